The van der Waals surface area contributed by atoms with Gasteiger partial charge >= 0.3 is 0 Å². The number of nitrogens with zero attached hydrogens (tertiary/aromatic N) is 4. The van der Waals surface area contributed by atoms with E-state index in [-0.39, 0.29) is 17.9 Å². The van der Waals surface area contributed by atoms with Crippen molar-refractivity contribution in [2.45, 2.75) is 31.7 Å². The number of imidazole rings is 1. The highest BCUT2D eigenvalue weighted by Crippen LogP contribution is 2.32. The number of carbonyl (C=O) groups excluding carboxylic acids is 2. The van der Waals surface area contributed by atoms with Crippen molar-refractivity contribution in [2.24, 2.45) is 5.92 Å². The van der Waals surface area contributed by atoms with E-state index in [9.17, 15) is 9.59 Å². The smallest absolute Gasteiger partial charge is 0.274 e. The van der Waals surface area contributed by atoms with Crippen molar-refractivity contribution in [1.29, 1.82) is 0 Å². The quantitative estimate of drug-likeness (QED) is 0.636. The molecule has 166 valence electrons. The Hall–Kier alpha value is -3.35. The summed E-state index contributed by atoms with van der Waals surface area (Å²) in [5, 5.41) is 0. The Morgan fingerprint density at radius 1 is 1.09 bits per heavy atom. The maximum atomic E-state index is 13.3. The molecule has 1 aromatic carbocycles. The molecule has 2 fully saturated rings. The minimum Gasteiger partial charge on any atom is -0.496 e. The molecule has 0 N–H and O–H groups in total. The number of para-hydroxylation sites is 1. The van der Waals surface area contributed by atoms with Crippen LogP contribution in [-0.4, -0.2) is 63.8 Å². The van der Waals surface area contributed by atoms with E-state index in [0.717, 1.165) is 42.8 Å². The first-order chi connectivity index (χ1) is 15.6. The summed E-state index contributed by atoms with van der Waals surface area (Å²) in [4.78, 5) is 34.8. The predicted molar refractivity (Wildman–Crippen MR) is 121 cm³/mol. The predicted octanol–water partition coefficient (Wildman–Crippen LogP) is 3.04. The standard InChI is InChI=1S/C25H28N4O3/c1-32-22-9-3-2-7-18(22)15-24(30)28-14-11-21-19(16-28)8-6-13-29(21)25(31)20-17-27-12-5-4-10-23(27)26-20/h2-5,7,9-10,12,17,19,21H,6,8,11,13-16H2,1H3/t19-,21-/m1/s1. The van der Waals surface area contributed by atoms with Gasteiger partial charge in [0.25, 0.3) is 5.91 Å². The van der Waals surface area contributed by atoms with Gasteiger partial charge in [-0.15, -0.1) is 0 Å². The number of aromatic nitrogens is 2. The fourth-order valence-corrected chi connectivity index (χ4v) is 5.19. The number of likely N-dealkylation sites (tertiary alicyclic amines) is 2. The van der Waals surface area contributed by atoms with Crippen LogP contribution in [0.15, 0.2) is 54.9 Å². The molecule has 0 radical (unpaired) electrons. The van der Waals surface area contributed by atoms with Crippen molar-refractivity contribution < 1.29 is 14.3 Å². The lowest BCUT2D eigenvalue weighted by Gasteiger charge is -2.47. The minimum atomic E-state index is -0.00259. The Kier molecular flexibility index (Phi) is 5.55. The zero-order valence-corrected chi connectivity index (χ0v) is 18.3. The summed E-state index contributed by atoms with van der Waals surface area (Å²) in [6.45, 7) is 2.13. The minimum absolute atomic E-state index is 0.00259. The van der Waals surface area contributed by atoms with Crippen LogP contribution < -0.4 is 4.74 Å². The third-order valence-electron chi connectivity index (χ3n) is 6.80. The number of methoxy groups -OCH3 is 1. The van der Waals surface area contributed by atoms with Gasteiger partial charge in [0.1, 0.15) is 17.1 Å². The molecule has 7 nitrogen and oxygen atoms in total. The zero-order chi connectivity index (χ0) is 22.1. The zero-order valence-electron chi connectivity index (χ0n) is 18.3. The van der Waals surface area contributed by atoms with E-state index in [2.05, 4.69) is 4.98 Å². The van der Waals surface area contributed by atoms with Gasteiger partial charge in [-0.25, -0.2) is 4.98 Å². The van der Waals surface area contributed by atoms with Gasteiger partial charge in [0.2, 0.25) is 5.91 Å². The second kappa shape index (κ2) is 8.65. The van der Waals surface area contributed by atoms with Gasteiger partial charge in [0, 0.05) is 43.6 Å². The molecule has 2 aliphatic rings. The molecule has 2 atom stereocenters. The van der Waals surface area contributed by atoms with E-state index < -0.39 is 0 Å². The lowest BCUT2D eigenvalue weighted by Crippen LogP contribution is -2.56. The number of pyridine rings is 1. The second-order valence-electron chi connectivity index (χ2n) is 8.68. The average Bonchev–Trinajstić information content (AvgIpc) is 3.27. The summed E-state index contributed by atoms with van der Waals surface area (Å²) in [5.41, 5.74) is 2.18. The Morgan fingerprint density at radius 2 is 1.94 bits per heavy atom. The normalized spacial score (nSPS) is 20.8. The third-order valence-corrected chi connectivity index (χ3v) is 6.80. The van der Waals surface area contributed by atoms with Crippen LogP contribution in [0.25, 0.3) is 5.65 Å². The van der Waals surface area contributed by atoms with Gasteiger partial charge in [-0.1, -0.05) is 24.3 Å². The molecule has 0 aliphatic carbocycles. The fraction of sp³-hybridized carbons (Fsp3) is 0.400. The van der Waals surface area contributed by atoms with Crippen molar-refractivity contribution in [1.82, 2.24) is 19.2 Å². The van der Waals surface area contributed by atoms with Gasteiger partial charge in [0.15, 0.2) is 0 Å². The number of ether oxygens (including phenoxy) is 1. The summed E-state index contributed by atoms with van der Waals surface area (Å²) >= 11 is 0. The number of hydrogen-bond donors (Lipinski definition) is 0. The highest BCUT2D eigenvalue weighted by atomic mass is 16.5. The van der Waals surface area contributed by atoms with E-state index in [1.54, 1.807) is 7.11 Å². The van der Waals surface area contributed by atoms with Crippen LogP contribution in [0.2, 0.25) is 0 Å². The maximum Gasteiger partial charge on any atom is 0.274 e. The van der Waals surface area contributed by atoms with E-state index in [1.165, 1.54) is 0 Å². The monoisotopic (exact) mass is 432 g/mol. The first kappa shape index (κ1) is 20.5. The molecule has 4 heterocycles. The van der Waals surface area contributed by atoms with Crippen LogP contribution in [0.4, 0.5) is 0 Å². The number of carbonyl (C=O) groups is 2. The summed E-state index contributed by atoms with van der Waals surface area (Å²) < 4.78 is 7.28. The molecular weight excluding hydrogens is 404 g/mol. The van der Waals surface area contributed by atoms with Crippen LogP contribution in [-0.2, 0) is 11.2 Å². The largest absolute Gasteiger partial charge is 0.496 e. The Morgan fingerprint density at radius 3 is 2.78 bits per heavy atom. The Bertz CT molecular complexity index is 1110. The highest BCUT2D eigenvalue weighted by Gasteiger charge is 2.40. The van der Waals surface area contributed by atoms with Crippen molar-refractivity contribution >= 4 is 17.5 Å². The lowest BCUT2D eigenvalue weighted by atomic mass is 9.83. The number of amides is 2. The molecule has 0 unspecified atom stereocenters. The highest BCUT2D eigenvalue weighted by molar-refractivity contribution is 5.93. The van der Waals surface area contributed by atoms with Crippen LogP contribution in [0.5, 0.6) is 5.75 Å². The summed E-state index contributed by atoms with van der Waals surface area (Å²) in [6, 6.07) is 13.6. The number of fused-ring (bicyclic) bond motifs is 2. The number of benzene rings is 1. The maximum absolute atomic E-state index is 13.3. The van der Waals surface area contributed by atoms with Crippen molar-refractivity contribution in [3.05, 3.63) is 66.1 Å². The number of piperidine rings is 2. The molecule has 7 heteroatoms. The fourth-order valence-electron chi connectivity index (χ4n) is 5.19. The molecule has 2 aromatic heterocycles. The van der Waals surface area contributed by atoms with E-state index in [1.807, 2.05) is 69.1 Å². The van der Waals surface area contributed by atoms with Crippen molar-refractivity contribution in [3.8, 4) is 5.75 Å². The van der Waals surface area contributed by atoms with E-state index >= 15 is 0 Å². The summed E-state index contributed by atoms with van der Waals surface area (Å²) in [7, 11) is 1.63. The first-order valence-electron chi connectivity index (χ1n) is 11.3. The van der Waals surface area contributed by atoms with Crippen LogP contribution in [0.1, 0.15) is 35.3 Å². The van der Waals surface area contributed by atoms with Crippen LogP contribution in [0.3, 0.4) is 0 Å². The topological polar surface area (TPSA) is 67.2 Å². The average molecular weight is 433 g/mol. The molecule has 32 heavy (non-hydrogen) atoms. The van der Waals surface area contributed by atoms with Crippen molar-refractivity contribution in [3.63, 3.8) is 0 Å². The van der Waals surface area contributed by atoms with Crippen molar-refractivity contribution in [2.75, 3.05) is 26.7 Å². The molecule has 0 spiro atoms. The summed E-state index contributed by atoms with van der Waals surface area (Å²) in [5.74, 6) is 1.17. The molecule has 2 amide bonds. The SMILES string of the molecule is COc1ccccc1CC(=O)N1CC[C@@H]2[C@H](CCCN2C(=O)c2cn3ccccc3n2)C1. The molecule has 2 saturated heterocycles. The summed E-state index contributed by atoms with van der Waals surface area (Å²) in [6.07, 6.45) is 6.86. The van der Waals surface area contributed by atoms with E-state index in [0.29, 0.717) is 31.1 Å². The Labute approximate surface area is 187 Å². The molecule has 0 saturated carbocycles. The van der Waals surface area contributed by atoms with Gasteiger partial charge < -0.3 is 18.9 Å². The van der Waals surface area contributed by atoms with E-state index in [4.69, 9.17) is 4.74 Å². The first-order valence-corrected chi connectivity index (χ1v) is 11.3. The van der Waals surface area contributed by atoms with Gasteiger partial charge in [-0.2, -0.15) is 0 Å². The van der Waals surface area contributed by atoms with Gasteiger partial charge in [0.05, 0.1) is 13.5 Å². The molecule has 5 rings (SSSR count). The molecule has 3 aromatic rings. The van der Waals surface area contributed by atoms with Gasteiger partial charge in [-0.05, 0) is 43.4 Å². The number of hydrogen-bond acceptors (Lipinski definition) is 4. The molecular formula is C25H28N4O3. The third kappa shape index (κ3) is 3.83. The van der Waals surface area contributed by atoms with Gasteiger partial charge in [-0.3, -0.25) is 9.59 Å². The molecule has 0 bridgehead atoms. The Balaban J connectivity index is 1.27. The number of rotatable bonds is 4. The lowest BCUT2D eigenvalue weighted by molar-refractivity contribution is -0.133. The van der Waals surface area contributed by atoms with Crippen LogP contribution >= 0.6 is 0 Å². The van der Waals surface area contributed by atoms with Crippen LogP contribution in [0, 0.1) is 5.92 Å². The second-order valence-corrected chi connectivity index (χ2v) is 8.68. The molecule has 2 aliphatic heterocycles.